The van der Waals surface area contributed by atoms with E-state index < -0.39 is 10.0 Å². The molecule has 4 rings (SSSR count). The van der Waals surface area contributed by atoms with Crippen LogP contribution < -0.4 is 4.72 Å². The summed E-state index contributed by atoms with van der Waals surface area (Å²) in [6.45, 7) is 2.90. The van der Waals surface area contributed by atoms with Gasteiger partial charge in [-0.2, -0.15) is 0 Å². The maximum absolute atomic E-state index is 13.9. The molecule has 1 unspecified atom stereocenters. The Bertz CT molecular complexity index is 743. The molecule has 1 atom stereocenters. The Morgan fingerprint density at radius 2 is 1.92 bits per heavy atom. The number of halogens is 1. The van der Waals surface area contributed by atoms with Gasteiger partial charge in [0, 0.05) is 37.8 Å². The molecule has 3 fully saturated rings. The van der Waals surface area contributed by atoms with Crippen LogP contribution in [0.4, 0.5) is 4.39 Å². The van der Waals surface area contributed by atoms with Crippen LogP contribution in [0.25, 0.3) is 0 Å². The average Bonchev–Trinajstić information content (AvgIpc) is 3.45. The lowest BCUT2D eigenvalue weighted by atomic mass is 9.82. The van der Waals surface area contributed by atoms with E-state index in [1.54, 1.807) is 6.07 Å². The van der Waals surface area contributed by atoms with Gasteiger partial charge in [0.05, 0.1) is 10.9 Å². The predicted octanol–water partition coefficient (Wildman–Crippen LogP) is 2.42. The van der Waals surface area contributed by atoms with Crippen LogP contribution >= 0.6 is 0 Å². The highest BCUT2D eigenvalue weighted by atomic mass is 32.2. The number of sulfonamides is 1. The second-order valence-corrected chi connectivity index (χ2v) is 9.94. The van der Waals surface area contributed by atoms with E-state index in [0.717, 1.165) is 57.2 Å². The lowest BCUT2D eigenvalue weighted by Crippen LogP contribution is -2.53. The van der Waals surface area contributed by atoms with Gasteiger partial charge < -0.3 is 4.74 Å². The minimum Gasteiger partial charge on any atom is -0.375 e. The molecule has 1 saturated carbocycles. The number of nitrogens with one attached hydrogen (secondary N) is 1. The number of benzene rings is 1. The zero-order valence-electron chi connectivity index (χ0n) is 15.0. The number of ether oxygens (including phenoxy) is 1. The highest BCUT2D eigenvalue weighted by Gasteiger charge is 2.43. The fourth-order valence-electron chi connectivity index (χ4n) is 4.17. The SMILES string of the molecule is O=S(=O)(NC1CCOC2(CCN(Cc3ccccc3F)CC2)C1)C1CC1. The van der Waals surface area contributed by atoms with Crippen LogP contribution in [-0.4, -0.2) is 49.9 Å². The molecule has 0 aromatic heterocycles. The molecule has 7 heteroatoms. The van der Waals surface area contributed by atoms with Gasteiger partial charge in [-0.25, -0.2) is 17.5 Å². The van der Waals surface area contributed by atoms with Gasteiger partial charge in [-0.3, -0.25) is 4.90 Å². The molecule has 2 aliphatic heterocycles. The summed E-state index contributed by atoms with van der Waals surface area (Å²) in [5.41, 5.74) is 0.490. The van der Waals surface area contributed by atoms with E-state index in [2.05, 4.69) is 9.62 Å². The van der Waals surface area contributed by atoms with Gasteiger partial charge in [-0.15, -0.1) is 0 Å². The number of piperidine rings is 1. The van der Waals surface area contributed by atoms with E-state index in [9.17, 15) is 12.8 Å². The van der Waals surface area contributed by atoms with Crippen LogP contribution in [0, 0.1) is 5.82 Å². The molecule has 1 spiro atoms. The Kier molecular flexibility index (Phi) is 5.07. The van der Waals surface area contributed by atoms with Crippen LogP contribution in [0.2, 0.25) is 0 Å². The molecule has 5 nitrogen and oxygen atoms in total. The molecule has 1 aliphatic carbocycles. The quantitative estimate of drug-likeness (QED) is 0.850. The summed E-state index contributed by atoms with van der Waals surface area (Å²) in [4.78, 5) is 2.25. The van der Waals surface area contributed by atoms with E-state index in [0.29, 0.717) is 13.2 Å². The molecule has 1 aromatic rings. The molecule has 1 N–H and O–H groups in total. The Balaban J connectivity index is 1.33. The first kappa shape index (κ1) is 18.3. The van der Waals surface area contributed by atoms with Crippen molar-refractivity contribution in [1.82, 2.24) is 9.62 Å². The zero-order chi connectivity index (χ0) is 18.2. The smallest absolute Gasteiger partial charge is 0.214 e. The molecule has 1 aromatic carbocycles. The first-order valence-corrected chi connectivity index (χ1v) is 11.1. The third-order valence-corrected chi connectivity index (χ3v) is 7.92. The molecule has 144 valence electrons. The summed E-state index contributed by atoms with van der Waals surface area (Å²) in [5, 5.41) is -0.177. The van der Waals surface area contributed by atoms with E-state index in [4.69, 9.17) is 4.74 Å². The van der Waals surface area contributed by atoms with Crippen molar-refractivity contribution in [1.29, 1.82) is 0 Å². The largest absolute Gasteiger partial charge is 0.375 e. The van der Waals surface area contributed by atoms with Crippen molar-refractivity contribution in [3.8, 4) is 0 Å². The van der Waals surface area contributed by atoms with Crippen molar-refractivity contribution in [2.45, 2.75) is 62.0 Å². The number of rotatable bonds is 5. The van der Waals surface area contributed by atoms with Gasteiger partial charge in [0.15, 0.2) is 0 Å². The van der Waals surface area contributed by atoms with Crippen LogP contribution in [0.5, 0.6) is 0 Å². The standard InChI is InChI=1S/C19H27FN2O3S/c20-18-4-2-1-3-15(18)14-22-10-8-19(9-11-22)13-16(7-12-25-19)21-26(23,24)17-5-6-17/h1-4,16-17,21H,5-14H2. The van der Waals surface area contributed by atoms with Crippen LogP contribution in [-0.2, 0) is 21.3 Å². The predicted molar refractivity (Wildman–Crippen MR) is 97.7 cm³/mol. The van der Waals surface area contributed by atoms with Gasteiger partial charge in [0.2, 0.25) is 10.0 Å². The minimum atomic E-state index is -3.16. The lowest BCUT2D eigenvalue weighted by molar-refractivity contribution is -0.118. The fraction of sp³-hybridized carbons (Fsp3) is 0.684. The summed E-state index contributed by atoms with van der Waals surface area (Å²) in [5.74, 6) is -0.156. The molecule has 26 heavy (non-hydrogen) atoms. The maximum atomic E-state index is 13.9. The molecular weight excluding hydrogens is 355 g/mol. The van der Waals surface area contributed by atoms with Crippen molar-refractivity contribution < 1.29 is 17.5 Å². The van der Waals surface area contributed by atoms with Gasteiger partial charge in [-0.1, -0.05) is 18.2 Å². The van der Waals surface area contributed by atoms with Crippen molar-refractivity contribution in [3.05, 3.63) is 35.6 Å². The monoisotopic (exact) mass is 382 g/mol. The Morgan fingerprint density at radius 3 is 2.62 bits per heavy atom. The Morgan fingerprint density at radius 1 is 1.19 bits per heavy atom. The van der Waals surface area contributed by atoms with Gasteiger partial charge in [-0.05, 0) is 44.6 Å². The van der Waals surface area contributed by atoms with Crippen molar-refractivity contribution >= 4 is 10.0 Å². The summed E-state index contributed by atoms with van der Waals surface area (Å²) < 4.78 is 47.3. The molecular formula is C19H27FN2O3S. The van der Waals surface area contributed by atoms with Crippen molar-refractivity contribution in [2.24, 2.45) is 0 Å². The molecule has 2 heterocycles. The minimum absolute atomic E-state index is 0.0209. The average molecular weight is 383 g/mol. The number of likely N-dealkylation sites (tertiary alicyclic amines) is 1. The molecule has 0 amide bonds. The fourth-order valence-corrected chi connectivity index (χ4v) is 5.78. The van der Waals surface area contributed by atoms with Crippen LogP contribution in [0.3, 0.4) is 0 Å². The maximum Gasteiger partial charge on any atom is 0.214 e. The van der Waals surface area contributed by atoms with Crippen molar-refractivity contribution in [2.75, 3.05) is 19.7 Å². The third-order valence-electron chi connectivity index (χ3n) is 5.91. The van der Waals surface area contributed by atoms with Gasteiger partial charge in [0.25, 0.3) is 0 Å². The van der Waals surface area contributed by atoms with Gasteiger partial charge in [0.1, 0.15) is 5.82 Å². The highest BCUT2D eigenvalue weighted by molar-refractivity contribution is 7.90. The lowest BCUT2D eigenvalue weighted by Gasteiger charge is -2.46. The molecule has 3 aliphatic rings. The van der Waals surface area contributed by atoms with E-state index in [-0.39, 0.29) is 22.7 Å². The Hall–Kier alpha value is -1.02. The number of hydrogen-bond acceptors (Lipinski definition) is 4. The first-order chi connectivity index (χ1) is 12.5. The molecule has 0 radical (unpaired) electrons. The van der Waals surface area contributed by atoms with E-state index in [1.165, 1.54) is 6.07 Å². The molecule has 0 bridgehead atoms. The summed E-state index contributed by atoms with van der Waals surface area (Å²) >= 11 is 0. The second kappa shape index (κ2) is 7.19. The van der Waals surface area contributed by atoms with Crippen LogP contribution in [0.1, 0.15) is 44.1 Å². The number of nitrogens with zero attached hydrogens (tertiary/aromatic N) is 1. The van der Waals surface area contributed by atoms with E-state index in [1.807, 2.05) is 12.1 Å². The van der Waals surface area contributed by atoms with E-state index >= 15 is 0 Å². The topological polar surface area (TPSA) is 58.6 Å². The van der Waals surface area contributed by atoms with Gasteiger partial charge >= 0.3 is 0 Å². The molecule has 2 saturated heterocycles. The zero-order valence-corrected chi connectivity index (χ0v) is 15.8. The van der Waals surface area contributed by atoms with Crippen molar-refractivity contribution in [3.63, 3.8) is 0 Å². The first-order valence-electron chi connectivity index (χ1n) is 9.57. The summed E-state index contributed by atoms with van der Waals surface area (Å²) in [6, 6.07) is 6.89. The normalized spacial score (nSPS) is 26.9. The third kappa shape index (κ3) is 4.11. The second-order valence-electron chi connectivity index (χ2n) is 7.95. The highest BCUT2D eigenvalue weighted by Crippen LogP contribution is 2.36. The number of hydrogen-bond donors (Lipinski definition) is 1. The van der Waals surface area contributed by atoms with Crippen LogP contribution in [0.15, 0.2) is 24.3 Å². The summed E-state index contributed by atoms with van der Waals surface area (Å²) in [7, 11) is -3.16. The Labute approximate surface area is 155 Å². The summed E-state index contributed by atoms with van der Waals surface area (Å²) in [6.07, 6.45) is 4.79.